The molecular formula is C12H22F6O6P2S2. The van der Waals surface area contributed by atoms with Gasteiger partial charge in [0.25, 0.3) is 0 Å². The molecule has 2 aliphatic heterocycles. The van der Waals surface area contributed by atoms with E-state index in [1.807, 2.05) is 0 Å². The van der Waals surface area contributed by atoms with Crippen molar-refractivity contribution in [3.63, 3.8) is 0 Å². The van der Waals surface area contributed by atoms with Crippen molar-refractivity contribution in [2.75, 3.05) is 38.0 Å². The van der Waals surface area contributed by atoms with Crippen molar-refractivity contribution < 1.29 is 51.1 Å². The third-order valence-electron chi connectivity index (χ3n) is 6.21. The Morgan fingerprint density at radius 3 is 1.00 bits per heavy atom. The van der Waals surface area contributed by atoms with Crippen molar-refractivity contribution in [3.8, 4) is 0 Å². The molecule has 0 radical (unpaired) electrons. The first-order chi connectivity index (χ1) is 12.2. The van der Waals surface area contributed by atoms with Crippen LogP contribution in [0.4, 0.5) is 26.3 Å². The maximum absolute atomic E-state index is 13.1. The van der Waals surface area contributed by atoms with E-state index in [2.05, 4.69) is 0 Å². The van der Waals surface area contributed by atoms with E-state index >= 15 is 0 Å². The molecule has 170 valence electrons. The number of halogens is 6. The predicted molar refractivity (Wildman–Crippen MR) is 95.7 cm³/mol. The molecule has 0 bridgehead atoms. The zero-order chi connectivity index (χ0) is 22.0. The van der Waals surface area contributed by atoms with Gasteiger partial charge in [-0.15, -0.1) is 0 Å². The van der Waals surface area contributed by atoms with E-state index in [4.69, 9.17) is 7.94 Å². The molecule has 0 N–H and O–H groups in total. The van der Waals surface area contributed by atoms with Crippen LogP contribution in [0.25, 0.3) is 0 Å². The van der Waals surface area contributed by atoms with Gasteiger partial charge in [0.1, 0.15) is 0 Å². The van der Waals surface area contributed by atoms with Crippen LogP contribution in [0.1, 0.15) is 25.7 Å². The molecule has 2 rings (SSSR count). The van der Waals surface area contributed by atoms with E-state index in [1.54, 1.807) is 0 Å². The molecule has 0 aromatic rings. The van der Waals surface area contributed by atoms with Crippen LogP contribution in [0.2, 0.25) is 0 Å². The summed E-state index contributed by atoms with van der Waals surface area (Å²) < 4.78 is 136. The predicted octanol–water partition coefficient (Wildman–Crippen LogP) is 4.42. The van der Waals surface area contributed by atoms with Gasteiger partial charge >= 0.3 is 159 Å². The van der Waals surface area contributed by atoms with Gasteiger partial charge in [0.2, 0.25) is 0 Å². The molecule has 2 heterocycles. The molecule has 0 saturated carbocycles. The molecular weight excluding hydrogens is 480 g/mol. The van der Waals surface area contributed by atoms with Gasteiger partial charge in [-0.3, -0.25) is 0 Å². The zero-order valence-electron chi connectivity index (χ0n) is 15.1. The average Bonchev–Trinajstić information content (AvgIpc) is 2.44. The second kappa shape index (κ2) is 6.38. The van der Waals surface area contributed by atoms with Gasteiger partial charge < -0.3 is 0 Å². The van der Waals surface area contributed by atoms with E-state index in [9.17, 15) is 43.2 Å². The average molecular weight is 502 g/mol. The Kier molecular flexibility index (Phi) is 5.59. The second-order valence-corrected chi connectivity index (χ2v) is 27.9. The van der Waals surface area contributed by atoms with E-state index in [0.29, 0.717) is 0 Å². The molecule has 0 atom stereocenters. The quantitative estimate of drug-likeness (QED) is 0.322. The molecule has 2 aliphatic rings. The van der Waals surface area contributed by atoms with E-state index in [0.717, 1.165) is 13.3 Å². The topological polar surface area (TPSA) is 86.7 Å². The molecule has 2 saturated heterocycles. The third-order valence-corrected chi connectivity index (χ3v) is 34.5. The first-order valence-corrected chi connectivity index (χ1v) is 17.7. The molecule has 16 heteroatoms. The van der Waals surface area contributed by atoms with Crippen LogP contribution in [-0.2, 0) is 28.2 Å². The molecule has 28 heavy (non-hydrogen) atoms. The molecule has 0 unspecified atom stereocenters. The molecule has 0 aromatic carbocycles. The standard InChI is InChI=1S/C12H22F6O6P2S2/c1-25(23-27(19,20)11(13,14)15)7-3-5-9-26(25,2,10-6-4-8-25)24-28(21,22)12(16,17)18/h3-10H2,1-2H3. The molecule has 0 amide bonds. The van der Waals surface area contributed by atoms with Gasteiger partial charge in [-0.1, -0.05) is 0 Å². The van der Waals surface area contributed by atoms with Gasteiger partial charge in [0.15, 0.2) is 0 Å². The number of hydrogen-bond donors (Lipinski definition) is 0. The second-order valence-electron chi connectivity index (χ2n) is 7.98. The minimum atomic E-state index is -6.17. The first kappa shape index (κ1) is 24.5. The molecule has 0 aromatic heterocycles. The Hall–Kier alpha value is 0.260. The van der Waals surface area contributed by atoms with Crippen LogP contribution in [0.15, 0.2) is 0 Å². The molecule has 6 nitrogen and oxygen atoms in total. The van der Waals surface area contributed by atoms with Crippen LogP contribution < -0.4 is 0 Å². The van der Waals surface area contributed by atoms with Gasteiger partial charge in [0, 0.05) is 0 Å². The number of alkyl halides is 6. The monoisotopic (exact) mass is 502 g/mol. The summed E-state index contributed by atoms with van der Waals surface area (Å²) in [4.78, 5) is 0. The maximum atomic E-state index is 13.1. The van der Waals surface area contributed by atoms with E-state index in [1.165, 1.54) is 0 Å². The van der Waals surface area contributed by atoms with Crippen LogP contribution in [0.3, 0.4) is 0 Å². The summed E-state index contributed by atoms with van der Waals surface area (Å²) in [6, 6.07) is 0. The Bertz CT molecular complexity index is 782. The zero-order valence-corrected chi connectivity index (χ0v) is 18.5. The Balaban J connectivity index is 2.77. The Labute approximate surface area is 159 Å². The Morgan fingerprint density at radius 1 is 0.607 bits per heavy atom. The van der Waals surface area contributed by atoms with Gasteiger partial charge in [-0.25, -0.2) is 0 Å². The van der Waals surface area contributed by atoms with Gasteiger partial charge in [-0.05, 0) is 0 Å². The fourth-order valence-corrected chi connectivity index (χ4v) is 32.5. The third kappa shape index (κ3) is 3.39. The summed E-state index contributed by atoms with van der Waals surface area (Å²) in [5, 5.41) is 0. The molecule has 0 aliphatic carbocycles. The number of hydrogen-bond acceptors (Lipinski definition) is 6. The van der Waals surface area contributed by atoms with Crippen LogP contribution in [-0.4, -0.2) is 65.8 Å². The van der Waals surface area contributed by atoms with Crippen molar-refractivity contribution >= 4 is 33.3 Å². The fraction of sp³-hybridized carbons (Fsp3) is 1.00. The summed E-state index contributed by atoms with van der Waals surface area (Å²) in [6.45, 7) is -7.15. The van der Waals surface area contributed by atoms with Crippen LogP contribution in [0, 0.1) is 0 Å². The van der Waals surface area contributed by atoms with Crippen molar-refractivity contribution in [2.24, 2.45) is 0 Å². The summed E-state index contributed by atoms with van der Waals surface area (Å²) in [5.74, 6) is 0. The van der Waals surface area contributed by atoms with E-state index < -0.39 is 44.3 Å². The normalized spacial score (nSPS) is 30.0. The first-order valence-electron chi connectivity index (χ1n) is 8.27. The van der Waals surface area contributed by atoms with Crippen molar-refractivity contribution in [2.45, 2.75) is 36.7 Å². The summed E-state index contributed by atoms with van der Waals surface area (Å²) in [7, 11) is -12.3. The summed E-state index contributed by atoms with van der Waals surface area (Å²) in [5.41, 5.74) is -11.6. The van der Waals surface area contributed by atoms with Crippen molar-refractivity contribution in [1.29, 1.82) is 0 Å². The summed E-state index contributed by atoms with van der Waals surface area (Å²) >= 11 is 0. The Morgan fingerprint density at radius 2 is 0.821 bits per heavy atom. The number of rotatable bonds is 4. The summed E-state index contributed by atoms with van der Waals surface area (Å²) in [6.07, 6.45) is -0.0894. The van der Waals surface area contributed by atoms with Gasteiger partial charge in [0.05, 0.1) is 0 Å². The molecule has 2 fully saturated rings. The number of fused-ring (bicyclic) bond motifs is 1. The fourth-order valence-electron chi connectivity index (χ4n) is 4.40. The van der Waals surface area contributed by atoms with Crippen LogP contribution in [0.5, 0.6) is 0 Å². The SMILES string of the molecule is CP12(OS(=O)(=O)C(F)(F)F)CCCCP1(C)(OS(=O)(=O)C(F)(F)F)CCCC2. The molecule has 0 spiro atoms. The van der Waals surface area contributed by atoms with Crippen LogP contribution >= 0.6 is 13.0 Å². The van der Waals surface area contributed by atoms with Crippen molar-refractivity contribution in [3.05, 3.63) is 0 Å². The van der Waals surface area contributed by atoms with Gasteiger partial charge in [-0.2, -0.15) is 0 Å². The van der Waals surface area contributed by atoms with Crippen molar-refractivity contribution in [1.82, 2.24) is 0 Å². The minimum absolute atomic E-state index is 0.211. The van der Waals surface area contributed by atoms with E-state index in [-0.39, 0.29) is 50.3 Å².